The number of hydrogen-bond acceptors (Lipinski definition) is 6. The first-order valence-electron chi connectivity index (χ1n) is 10.4. The second kappa shape index (κ2) is 9.68. The van der Waals surface area contributed by atoms with Crippen LogP contribution >= 0.6 is 11.6 Å². The van der Waals surface area contributed by atoms with E-state index in [1.807, 2.05) is 26.0 Å². The zero-order chi connectivity index (χ0) is 23.4. The van der Waals surface area contributed by atoms with Gasteiger partial charge >= 0.3 is 0 Å². The highest BCUT2D eigenvalue weighted by molar-refractivity contribution is 7.91. The number of rotatable bonds is 8. The highest BCUT2D eigenvalue weighted by Crippen LogP contribution is 2.33. The van der Waals surface area contributed by atoms with Crippen molar-refractivity contribution in [1.29, 1.82) is 0 Å². The third-order valence-electron chi connectivity index (χ3n) is 4.96. The summed E-state index contributed by atoms with van der Waals surface area (Å²) >= 11 is 5.96. The lowest BCUT2D eigenvalue weighted by atomic mass is 10.2. The van der Waals surface area contributed by atoms with Gasteiger partial charge in [0.15, 0.2) is 0 Å². The Bertz CT molecular complexity index is 1330. The average Bonchev–Trinajstić information content (AvgIpc) is 3.25. The highest BCUT2D eigenvalue weighted by Gasteiger charge is 2.28. The lowest BCUT2D eigenvalue weighted by Crippen LogP contribution is -2.07. The number of hydrogen-bond donors (Lipinski definition) is 1. The fourth-order valence-corrected chi connectivity index (χ4v) is 4.60. The monoisotopic (exact) mass is 482 g/mol. The molecule has 1 N–H and O–H groups in total. The van der Waals surface area contributed by atoms with Crippen molar-refractivity contribution in [2.24, 2.45) is 0 Å². The van der Waals surface area contributed by atoms with Crippen LogP contribution in [0.5, 0.6) is 5.75 Å². The zero-order valence-electron chi connectivity index (χ0n) is 18.2. The smallest absolute Gasteiger partial charge is 0.234 e. The minimum atomic E-state index is -3.91. The lowest BCUT2D eigenvalue weighted by Gasteiger charge is -2.07. The van der Waals surface area contributed by atoms with Gasteiger partial charge in [0.2, 0.25) is 26.6 Å². The van der Waals surface area contributed by atoms with Crippen LogP contribution in [0.25, 0.3) is 11.5 Å². The highest BCUT2D eigenvalue weighted by atomic mass is 35.5. The van der Waals surface area contributed by atoms with E-state index in [2.05, 4.69) is 10.3 Å². The van der Waals surface area contributed by atoms with Crippen LogP contribution in [0, 0.1) is 6.92 Å². The van der Waals surface area contributed by atoms with Gasteiger partial charge in [-0.25, -0.2) is 8.42 Å². The SMILES string of the molecule is CCOc1ccc(-c2nc(S(=O)(=O)c3ccc(C)cc3)c(NCc3ccc(Cl)cc3)o2)cc1. The van der Waals surface area contributed by atoms with Crippen LogP contribution < -0.4 is 10.1 Å². The molecule has 1 heterocycles. The summed E-state index contributed by atoms with van der Waals surface area (Å²) in [7, 11) is -3.91. The predicted molar refractivity (Wildman–Crippen MR) is 129 cm³/mol. The Labute approximate surface area is 198 Å². The van der Waals surface area contributed by atoms with E-state index in [1.165, 1.54) is 0 Å². The van der Waals surface area contributed by atoms with Gasteiger partial charge in [-0.15, -0.1) is 0 Å². The largest absolute Gasteiger partial charge is 0.494 e. The molecule has 1 aromatic heterocycles. The number of aryl methyl sites for hydroxylation is 1. The molecule has 0 saturated carbocycles. The first kappa shape index (κ1) is 22.9. The summed E-state index contributed by atoms with van der Waals surface area (Å²) in [5.41, 5.74) is 2.51. The van der Waals surface area contributed by atoms with Crippen LogP contribution in [0.15, 0.2) is 87.1 Å². The molecule has 8 heteroatoms. The molecular formula is C25H23ClN2O4S. The van der Waals surface area contributed by atoms with Gasteiger partial charge in [0, 0.05) is 17.1 Å². The molecule has 0 aliphatic rings. The summed E-state index contributed by atoms with van der Waals surface area (Å²) in [5, 5.41) is 3.54. The Morgan fingerprint density at radius 1 is 0.970 bits per heavy atom. The topological polar surface area (TPSA) is 81.4 Å². The molecule has 33 heavy (non-hydrogen) atoms. The van der Waals surface area contributed by atoms with E-state index < -0.39 is 9.84 Å². The Hall–Kier alpha value is -3.29. The van der Waals surface area contributed by atoms with Gasteiger partial charge in [-0.3, -0.25) is 0 Å². The Morgan fingerprint density at radius 3 is 2.27 bits per heavy atom. The summed E-state index contributed by atoms with van der Waals surface area (Å²) in [6.07, 6.45) is 0. The van der Waals surface area contributed by atoms with Crippen LogP contribution in [0.4, 0.5) is 5.88 Å². The van der Waals surface area contributed by atoms with E-state index in [4.69, 9.17) is 20.8 Å². The summed E-state index contributed by atoms with van der Waals surface area (Å²) in [6.45, 7) is 4.69. The number of oxazole rings is 1. The standard InChI is InChI=1S/C25H23ClN2O4S/c1-3-31-21-12-8-19(9-13-21)23-28-25(33(29,30)22-14-4-17(2)5-15-22)24(32-23)27-16-18-6-10-20(26)11-7-18/h4-15,27H,3,16H2,1-2H3. The number of ether oxygens (including phenoxy) is 1. The maximum absolute atomic E-state index is 13.4. The van der Waals surface area contributed by atoms with Crippen molar-refractivity contribution in [3.8, 4) is 17.2 Å². The normalized spacial score (nSPS) is 11.4. The summed E-state index contributed by atoms with van der Waals surface area (Å²) in [4.78, 5) is 4.52. The lowest BCUT2D eigenvalue weighted by molar-refractivity contribution is 0.340. The first-order chi connectivity index (χ1) is 15.9. The van der Waals surface area contributed by atoms with Gasteiger partial charge < -0.3 is 14.5 Å². The molecule has 170 valence electrons. The Kier molecular flexibility index (Phi) is 6.72. The van der Waals surface area contributed by atoms with Gasteiger partial charge in [-0.05, 0) is 67.9 Å². The van der Waals surface area contributed by atoms with Crippen LogP contribution in [-0.2, 0) is 16.4 Å². The average molecular weight is 483 g/mol. The molecule has 6 nitrogen and oxygen atoms in total. The Balaban J connectivity index is 1.72. The number of aromatic nitrogens is 1. The second-order valence-corrected chi connectivity index (χ2v) is 9.71. The number of nitrogens with one attached hydrogen (secondary N) is 1. The van der Waals surface area contributed by atoms with Gasteiger partial charge in [0.25, 0.3) is 0 Å². The molecule has 0 fully saturated rings. The molecule has 0 atom stereocenters. The van der Waals surface area contributed by atoms with Crippen LogP contribution in [0.2, 0.25) is 5.02 Å². The van der Waals surface area contributed by atoms with Crippen LogP contribution in [-0.4, -0.2) is 20.0 Å². The minimum absolute atomic E-state index is 0.0782. The number of halogens is 1. The van der Waals surface area contributed by atoms with E-state index in [-0.39, 0.29) is 21.7 Å². The van der Waals surface area contributed by atoms with Gasteiger partial charge in [-0.2, -0.15) is 4.98 Å². The molecule has 4 aromatic rings. The third-order valence-corrected chi connectivity index (χ3v) is 6.89. The zero-order valence-corrected chi connectivity index (χ0v) is 19.8. The second-order valence-electron chi connectivity index (χ2n) is 7.41. The van der Waals surface area contributed by atoms with E-state index >= 15 is 0 Å². The molecule has 0 saturated heterocycles. The van der Waals surface area contributed by atoms with Gasteiger partial charge in [0.1, 0.15) is 5.75 Å². The molecule has 0 aliphatic heterocycles. The van der Waals surface area contributed by atoms with E-state index in [0.29, 0.717) is 29.5 Å². The Morgan fingerprint density at radius 2 is 1.64 bits per heavy atom. The molecule has 0 spiro atoms. The molecule has 0 unspecified atom stereocenters. The molecule has 0 bridgehead atoms. The van der Waals surface area contributed by atoms with Gasteiger partial charge in [-0.1, -0.05) is 41.4 Å². The maximum atomic E-state index is 13.4. The van der Waals surface area contributed by atoms with Crippen molar-refractivity contribution in [3.05, 3.63) is 88.9 Å². The fourth-order valence-electron chi connectivity index (χ4n) is 3.20. The van der Waals surface area contributed by atoms with Crippen molar-refractivity contribution in [3.63, 3.8) is 0 Å². The predicted octanol–water partition coefficient (Wildman–Crippen LogP) is 6.15. The molecule has 0 aliphatic carbocycles. The summed E-state index contributed by atoms with van der Waals surface area (Å²) in [6, 6.07) is 21.0. The van der Waals surface area contributed by atoms with Crippen LogP contribution in [0.1, 0.15) is 18.1 Å². The van der Waals surface area contributed by atoms with E-state index in [1.54, 1.807) is 60.7 Å². The molecular weight excluding hydrogens is 460 g/mol. The summed E-state index contributed by atoms with van der Waals surface area (Å²) in [5.74, 6) is 0.984. The molecule has 3 aromatic carbocycles. The van der Waals surface area contributed by atoms with E-state index in [0.717, 1.165) is 11.1 Å². The quantitative estimate of drug-likeness (QED) is 0.324. The number of anilines is 1. The van der Waals surface area contributed by atoms with Crippen molar-refractivity contribution < 1.29 is 17.6 Å². The van der Waals surface area contributed by atoms with Crippen molar-refractivity contribution in [1.82, 2.24) is 4.98 Å². The maximum Gasteiger partial charge on any atom is 0.234 e. The number of nitrogens with zero attached hydrogens (tertiary/aromatic N) is 1. The van der Waals surface area contributed by atoms with Crippen molar-refractivity contribution in [2.45, 2.75) is 30.3 Å². The first-order valence-corrected chi connectivity index (χ1v) is 12.3. The molecule has 0 radical (unpaired) electrons. The minimum Gasteiger partial charge on any atom is -0.494 e. The van der Waals surface area contributed by atoms with Crippen molar-refractivity contribution >= 4 is 27.3 Å². The number of sulfone groups is 1. The molecule has 0 amide bonds. The summed E-state index contributed by atoms with van der Waals surface area (Å²) < 4.78 is 38.2. The third kappa shape index (κ3) is 5.21. The van der Waals surface area contributed by atoms with Gasteiger partial charge in [0.05, 0.1) is 11.5 Å². The van der Waals surface area contributed by atoms with Crippen LogP contribution in [0.3, 0.4) is 0 Å². The molecule has 4 rings (SSSR count). The van der Waals surface area contributed by atoms with E-state index in [9.17, 15) is 8.42 Å². The van der Waals surface area contributed by atoms with Crippen molar-refractivity contribution in [2.75, 3.05) is 11.9 Å². The fraction of sp³-hybridized carbons (Fsp3) is 0.160. The number of benzene rings is 3.